The van der Waals surface area contributed by atoms with Gasteiger partial charge in [-0.1, -0.05) is 30.3 Å². The highest BCUT2D eigenvalue weighted by Gasteiger charge is 2.22. The monoisotopic (exact) mass is 334 g/mol. The Hall–Kier alpha value is -1.59. The quantitative estimate of drug-likeness (QED) is 0.718. The smallest absolute Gasteiger partial charge is 0.315 e. The first-order chi connectivity index (χ1) is 11.6. The van der Waals surface area contributed by atoms with Crippen molar-refractivity contribution in [3.8, 4) is 0 Å². The molecule has 134 valence electrons. The fraction of sp³-hybridized carbons (Fsp3) is 0.632. The molecule has 1 saturated heterocycles. The number of carbonyl (C=O) groups excluding carboxylic acids is 1. The van der Waals surface area contributed by atoms with Gasteiger partial charge in [-0.3, -0.25) is 0 Å². The maximum atomic E-state index is 12.2. The highest BCUT2D eigenvalue weighted by Crippen LogP contribution is 2.21. The first-order valence-electron chi connectivity index (χ1n) is 8.91. The molecule has 0 aromatic heterocycles. The zero-order chi connectivity index (χ0) is 17.4. The molecule has 0 aliphatic carbocycles. The Labute approximate surface area is 144 Å². The van der Waals surface area contributed by atoms with E-state index in [9.17, 15) is 9.90 Å². The molecule has 5 nitrogen and oxygen atoms in total. The normalized spacial score (nSPS) is 19.3. The topological polar surface area (TPSA) is 70.6 Å². The summed E-state index contributed by atoms with van der Waals surface area (Å²) in [7, 11) is 0. The molecule has 1 aromatic rings. The van der Waals surface area contributed by atoms with E-state index in [1.165, 1.54) is 0 Å². The van der Waals surface area contributed by atoms with Gasteiger partial charge in [0.2, 0.25) is 0 Å². The van der Waals surface area contributed by atoms with Crippen LogP contribution >= 0.6 is 0 Å². The zero-order valence-corrected chi connectivity index (χ0v) is 14.7. The minimum Gasteiger partial charge on any atom is -0.393 e. The van der Waals surface area contributed by atoms with Gasteiger partial charge in [0.15, 0.2) is 0 Å². The highest BCUT2D eigenvalue weighted by molar-refractivity contribution is 5.74. The van der Waals surface area contributed by atoms with Crippen molar-refractivity contribution in [2.24, 2.45) is 5.92 Å². The summed E-state index contributed by atoms with van der Waals surface area (Å²) in [6.07, 6.45) is 2.22. The van der Waals surface area contributed by atoms with Crippen LogP contribution in [0.1, 0.15) is 44.6 Å². The summed E-state index contributed by atoms with van der Waals surface area (Å²) in [5, 5.41) is 15.7. The van der Waals surface area contributed by atoms with E-state index in [1.54, 1.807) is 6.92 Å². The van der Waals surface area contributed by atoms with E-state index >= 15 is 0 Å². The largest absolute Gasteiger partial charge is 0.393 e. The van der Waals surface area contributed by atoms with Crippen LogP contribution in [0.4, 0.5) is 4.79 Å². The van der Waals surface area contributed by atoms with Gasteiger partial charge in [0, 0.05) is 31.7 Å². The van der Waals surface area contributed by atoms with E-state index in [0.717, 1.165) is 31.6 Å². The van der Waals surface area contributed by atoms with Crippen LogP contribution in [0, 0.1) is 5.92 Å². The Bertz CT molecular complexity index is 487. The number of amides is 2. The van der Waals surface area contributed by atoms with Gasteiger partial charge in [0.05, 0.1) is 6.10 Å². The fourth-order valence-electron chi connectivity index (χ4n) is 3.28. The Morgan fingerprint density at radius 3 is 2.54 bits per heavy atom. The predicted molar refractivity (Wildman–Crippen MR) is 95.0 cm³/mol. The van der Waals surface area contributed by atoms with Gasteiger partial charge in [-0.15, -0.1) is 0 Å². The van der Waals surface area contributed by atoms with Gasteiger partial charge in [0.25, 0.3) is 0 Å². The summed E-state index contributed by atoms with van der Waals surface area (Å²) in [4.78, 5) is 12.2. The Morgan fingerprint density at radius 2 is 1.92 bits per heavy atom. The third kappa shape index (κ3) is 6.13. The predicted octanol–water partition coefficient (Wildman–Crippen LogP) is 2.66. The summed E-state index contributed by atoms with van der Waals surface area (Å²) in [6, 6.07) is 10.0. The fourth-order valence-corrected chi connectivity index (χ4v) is 3.28. The Kier molecular flexibility index (Phi) is 7.53. The molecule has 1 aliphatic rings. The number of ether oxygens (including phenoxy) is 1. The molecule has 3 unspecified atom stereocenters. The van der Waals surface area contributed by atoms with Crippen molar-refractivity contribution in [1.82, 2.24) is 10.6 Å². The third-order valence-electron chi connectivity index (χ3n) is 4.74. The van der Waals surface area contributed by atoms with Gasteiger partial charge in [-0.25, -0.2) is 4.79 Å². The summed E-state index contributed by atoms with van der Waals surface area (Å²) in [6.45, 7) is 5.91. The number of carbonyl (C=O) groups is 1. The lowest BCUT2D eigenvalue weighted by molar-refractivity contribution is 0.0571. The van der Waals surface area contributed by atoms with Crippen molar-refractivity contribution in [1.29, 1.82) is 0 Å². The highest BCUT2D eigenvalue weighted by atomic mass is 16.5. The number of urea groups is 1. The van der Waals surface area contributed by atoms with E-state index in [-0.39, 0.29) is 18.0 Å². The first-order valence-corrected chi connectivity index (χ1v) is 8.91. The lowest BCUT2D eigenvalue weighted by Gasteiger charge is -2.28. The number of hydrogen-bond donors (Lipinski definition) is 3. The molecule has 0 saturated carbocycles. The van der Waals surface area contributed by atoms with Crippen molar-refractivity contribution >= 4 is 6.03 Å². The van der Waals surface area contributed by atoms with Gasteiger partial charge in [0.1, 0.15) is 0 Å². The summed E-state index contributed by atoms with van der Waals surface area (Å²) >= 11 is 0. The van der Waals surface area contributed by atoms with Crippen LogP contribution in [0.15, 0.2) is 30.3 Å². The average Bonchev–Trinajstić information content (AvgIpc) is 2.59. The van der Waals surface area contributed by atoms with Gasteiger partial charge in [-0.05, 0) is 44.6 Å². The molecular weight excluding hydrogens is 304 g/mol. The molecule has 3 N–H and O–H groups in total. The maximum Gasteiger partial charge on any atom is 0.315 e. The van der Waals surface area contributed by atoms with Gasteiger partial charge < -0.3 is 20.5 Å². The first kappa shape index (κ1) is 18.7. The number of rotatable bonds is 7. The third-order valence-corrected chi connectivity index (χ3v) is 4.74. The molecule has 1 heterocycles. The van der Waals surface area contributed by atoms with Crippen molar-refractivity contribution in [2.45, 2.75) is 51.2 Å². The van der Waals surface area contributed by atoms with E-state index in [1.807, 2.05) is 30.3 Å². The number of benzene rings is 1. The molecule has 3 atom stereocenters. The van der Waals surface area contributed by atoms with Crippen molar-refractivity contribution in [2.75, 3.05) is 19.8 Å². The second kappa shape index (κ2) is 9.64. The van der Waals surface area contributed by atoms with Crippen LogP contribution in [0.25, 0.3) is 0 Å². The molecule has 1 aliphatic heterocycles. The minimum atomic E-state index is -0.402. The standard InChI is InChI=1S/C19H30N2O3/c1-14(22)12-18(17-6-4-3-5-7-17)13-20-19(23)21-15(2)16-8-10-24-11-9-16/h3-7,14-16,18,22H,8-13H2,1-2H3,(H2,20,21,23). The molecule has 1 aromatic carbocycles. The van der Waals surface area contributed by atoms with Crippen LogP contribution in [0.5, 0.6) is 0 Å². The number of hydrogen-bond acceptors (Lipinski definition) is 3. The van der Waals surface area contributed by atoms with Crippen LogP contribution in [0.3, 0.4) is 0 Å². The summed E-state index contributed by atoms with van der Waals surface area (Å²) in [5.41, 5.74) is 1.14. The second-order valence-electron chi connectivity index (χ2n) is 6.79. The molecule has 5 heteroatoms. The minimum absolute atomic E-state index is 0.107. The average molecular weight is 334 g/mol. The molecule has 2 amide bonds. The van der Waals surface area contributed by atoms with E-state index in [0.29, 0.717) is 18.9 Å². The van der Waals surface area contributed by atoms with Crippen LogP contribution in [-0.2, 0) is 4.74 Å². The Morgan fingerprint density at radius 1 is 1.25 bits per heavy atom. The molecular formula is C19H30N2O3. The number of aliphatic hydroxyl groups excluding tert-OH is 1. The second-order valence-corrected chi connectivity index (χ2v) is 6.79. The number of aliphatic hydroxyl groups is 1. The van der Waals surface area contributed by atoms with Crippen molar-refractivity contribution in [3.05, 3.63) is 35.9 Å². The zero-order valence-electron chi connectivity index (χ0n) is 14.7. The van der Waals surface area contributed by atoms with Crippen LogP contribution < -0.4 is 10.6 Å². The molecule has 0 radical (unpaired) electrons. The summed E-state index contributed by atoms with van der Waals surface area (Å²) < 4.78 is 5.37. The van der Waals surface area contributed by atoms with Crippen molar-refractivity contribution < 1.29 is 14.6 Å². The van der Waals surface area contributed by atoms with E-state index in [2.05, 4.69) is 17.6 Å². The lowest BCUT2D eigenvalue weighted by Crippen LogP contribution is -2.46. The van der Waals surface area contributed by atoms with Crippen LogP contribution in [-0.4, -0.2) is 43.0 Å². The molecule has 0 spiro atoms. The molecule has 2 rings (SSSR count). The van der Waals surface area contributed by atoms with E-state index in [4.69, 9.17) is 4.74 Å². The summed E-state index contributed by atoms with van der Waals surface area (Å²) in [5.74, 6) is 0.585. The number of nitrogens with one attached hydrogen (secondary N) is 2. The molecule has 1 fully saturated rings. The van der Waals surface area contributed by atoms with Gasteiger partial charge >= 0.3 is 6.03 Å². The van der Waals surface area contributed by atoms with E-state index < -0.39 is 6.10 Å². The SMILES string of the molecule is CC(O)CC(CNC(=O)NC(C)C1CCOCC1)c1ccccc1. The van der Waals surface area contributed by atoms with Crippen LogP contribution in [0.2, 0.25) is 0 Å². The molecule has 0 bridgehead atoms. The van der Waals surface area contributed by atoms with Gasteiger partial charge in [-0.2, -0.15) is 0 Å². The maximum absolute atomic E-state index is 12.2. The molecule has 24 heavy (non-hydrogen) atoms. The Balaban J connectivity index is 1.83. The lowest BCUT2D eigenvalue weighted by atomic mass is 9.93. The van der Waals surface area contributed by atoms with Crippen molar-refractivity contribution in [3.63, 3.8) is 0 Å².